The molecule has 8 nitrogen and oxygen atoms in total. The smallest absolute Gasteiger partial charge is 0.325 e. The highest BCUT2D eigenvalue weighted by Crippen LogP contribution is 2.13. The van der Waals surface area contributed by atoms with Crippen molar-refractivity contribution < 1.29 is 14.7 Å². The Morgan fingerprint density at radius 1 is 1.23 bits per heavy atom. The lowest BCUT2D eigenvalue weighted by atomic mass is 10.1. The maximum Gasteiger partial charge on any atom is 0.325 e. The molecule has 0 saturated carbocycles. The molecule has 26 heavy (non-hydrogen) atoms. The number of hydrogen-bond acceptors (Lipinski definition) is 4. The van der Waals surface area contributed by atoms with Crippen molar-refractivity contribution >= 4 is 17.7 Å². The van der Waals surface area contributed by atoms with E-state index in [-0.39, 0.29) is 18.0 Å². The Balaban J connectivity index is 1.69. The van der Waals surface area contributed by atoms with Crippen molar-refractivity contribution in [2.24, 2.45) is 0 Å². The lowest BCUT2D eigenvalue weighted by molar-refractivity contribution is -0.137. The van der Waals surface area contributed by atoms with Crippen LogP contribution >= 0.6 is 0 Å². The molecule has 0 unspecified atom stereocenters. The number of nitrogens with zero attached hydrogens (tertiary/aromatic N) is 4. The molecule has 3 aromatic rings. The van der Waals surface area contributed by atoms with Crippen molar-refractivity contribution in [1.29, 1.82) is 0 Å². The minimum absolute atomic E-state index is 0.275. The second-order valence-electron chi connectivity index (χ2n) is 6.09. The van der Waals surface area contributed by atoms with Crippen molar-refractivity contribution in [3.8, 4) is 0 Å². The first-order valence-corrected chi connectivity index (χ1v) is 8.06. The quantitative estimate of drug-likeness (QED) is 0.706. The van der Waals surface area contributed by atoms with Gasteiger partial charge in [-0.05, 0) is 19.4 Å². The van der Waals surface area contributed by atoms with Crippen LogP contribution in [0.3, 0.4) is 0 Å². The first-order valence-electron chi connectivity index (χ1n) is 8.06. The fraction of sp³-hybridized carbons (Fsp3) is 0.222. The zero-order valence-corrected chi connectivity index (χ0v) is 14.5. The van der Waals surface area contributed by atoms with Crippen LogP contribution < -0.4 is 5.32 Å². The summed E-state index contributed by atoms with van der Waals surface area (Å²) in [5.41, 5.74) is 3.50. The van der Waals surface area contributed by atoms with E-state index in [4.69, 9.17) is 5.11 Å². The minimum Gasteiger partial charge on any atom is -0.480 e. The molecule has 134 valence electrons. The minimum atomic E-state index is -1.02. The van der Waals surface area contributed by atoms with Gasteiger partial charge in [0.1, 0.15) is 6.54 Å². The van der Waals surface area contributed by atoms with Gasteiger partial charge in [-0.1, -0.05) is 29.8 Å². The summed E-state index contributed by atoms with van der Waals surface area (Å²) in [4.78, 5) is 23.0. The number of nitrogens with one attached hydrogen (secondary N) is 1. The van der Waals surface area contributed by atoms with E-state index >= 15 is 0 Å². The molecule has 8 heteroatoms. The number of carboxylic acid groups (broad SMARTS) is 1. The molecule has 0 aliphatic heterocycles. The number of amides is 1. The van der Waals surface area contributed by atoms with Gasteiger partial charge in [0.05, 0.1) is 18.3 Å². The molecule has 0 spiro atoms. The maximum absolute atomic E-state index is 12.3. The first-order chi connectivity index (χ1) is 12.4. The van der Waals surface area contributed by atoms with E-state index in [2.05, 4.69) is 21.6 Å². The van der Waals surface area contributed by atoms with Crippen LogP contribution in [-0.4, -0.2) is 36.5 Å². The van der Waals surface area contributed by atoms with E-state index in [1.54, 1.807) is 6.07 Å². The SMILES string of the molecule is Cc1cccc(Cn2nc(NC(=O)c3cnn(CC(=O)O)c3)cc2C)c1. The molecule has 1 aromatic carbocycles. The van der Waals surface area contributed by atoms with Crippen LogP contribution in [0.2, 0.25) is 0 Å². The van der Waals surface area contributed by atoms with Crippen molar-refractivity contribution in [1.82, 2.24) is 19.6 Å². The lowest BCUT2D eigenvalue weighted by Gasteiger charge is -2.05. The predicted molar refractivity (Wildman–Crippen MR) is 95.1 cm³/mol. The molecule has 1 amide bonds. The summed E-state index contributed by atoms with van der Waals surface area (Å²) in [5, 5.41) is 19.7. The van der Waals surface area contributed by atoms with Crippen LogP contribution in [0.15, 0.2) is 42.7 Å². The Morgan fingerprint density at radius 2 is 2.04 bits per heavy atom. The van der Waals surface area contributed by atoms with E-state index in [0.29, 0.717) is 12.4 Å². The van der Waals surface area contributed by atoms with Gasteiger partial charge in [-0.3, -0.25) is 19.0 Å². The van der Waals surface area contributed by atoms with Gasteiger partial charge >= 0.3 is 5.97 Å². The molecule has 2 aromatic heterocycles. The topological polar surface area (TPSA) is 102 Å². The molecule has 0 atom stereocenters. The van der Waals surface area contributed by atoms with Crippen molar-refractivity contribution in [3.63, 3.8) is 0 Å². The van der Waals surface area contributed by atoms with Gasteiger partial charge in [0.25, 0.3) is 5.91 Å². The number of aryl methyl sites for hydroxylation is 2. The molecule has 0 radical (unpaired) electrons. The Morgan fingerprint density at radius 3 is 2.77 bits per heavy atom. The molecular weight excluding hydrogens is 334 g/mol. The molecule has 3 rings (SSSR count). The second-order valence-corrected chi connectivity index (χ2v) is 6.09. The predicted octanol–water partition coefficient (Wildman–Crippen LogP) is 2.08. The van der Waals surface area contributed by atoms with Gasteiger partial charge in [0.2, 0.25) is 0 Å². The van der Waals surface area contributed by atoms with Gasteiger partial charge in [0, 0.05) is 18.0 Å². The molecule has 2 heterocycles. The average molecular weight is 353 g/mol. The summed E-state index contributed by atoms with van der Waals surface area (Å²) in [6.45, 7) is 4.27. The molecular formula is C18H19N5O3. The highest BCUT2D eigenvalue weighted by Gasteiger charge is 2.13. The van der Waals surface area contributed by atoms with Crippen LogP contribution in [0.1, 0.15) is 27.2 Å². The molecule has 0 aliphatic rings. The monoisotopic (exact) mass is 353 g/mol. The lowest BCUT2D eigenvalue weighted by Crippen LogP contribution is -2.13. The molecule has 0 bridgehead atoms. The molecule has 0 saturated heterocycles. The second kappa shape index (κ2) is 7.22. The van der Waals surface area contributed by atoms with Crippen LogP contribution in [0.5, 0.6) is 0 Å². The molecule has 0 aliphatic carbocycles. The van der Waals surface area contributed by atoms with E-state index < -0.39 is 5.97 Å². The zero-order chi connectivity index (χ0) is 18.7. The summed E-state index contributed by atoms with van der Waals surface area (Å²) in [6.07, 6.45) is 2.72. The fourth-order valence-electron chi connectivity index (χ4n) is 2.61. The molecule has 0 fully saturated rings. The van der Waals surface area contributed by atoms with Gasteiger partial charge in [-0.2, -0.15) is 10.2 Å². The fourth-order valence-corrected chi connectivity index (χ4v) is 2.61. The maximum atomic E-state index is 12.3. The van der Waals surface area contributed by atoms with Crippen molar-refractivity contribution in [3.05, 3.63) is 65.1 Å². The number of rotatable bonds is 6. The average Bonchev–Trinajstić information content (AvgIpc) is 3.14. The molecule has 2 N–H and O–H groups in total. The summed E-state index contributed by atoms with van der Waals surface area (Å²) >= 11 is 0. The van der Waals surface area contributed by atoms with E-state index in [1.807, 2.05) is 36.7 Å². The number of benzene rings is 1. The normalized spacial score (nSPS) is 10.7. The van der Waals surface area contributed by atoms with Crippen LogP contribution in [-0.2, 0) is 17.9 Å². The van der Waals surface area contributed by atoms with Crippen LogP contribution in [0.4, 0.5) is 5.82 Å². The van der Waals surface area contributed by atoms with Crippen LogP contribution in [0.25, 0.3) is 0 Å². The first kappa shape index (κ1) is 17.4. The Kier molecular flexibility index (Phi) is 4.83. The number of aromatic nitrogens is 4. The van der Waals surface area contributed by atoms with E-state index in [9.17, 15) is 9.59 Å². The summed E-state index contributed by atoms with van der Waals surface area (Å²) < 4.78 is 3.01. The van der Waals surface area contributed by atoms with Crippen molar-refractivity contribution in [2.45, 2.75) is 26.9 Å². The number of carbonyl (C=O) groups excluding carboxylic acids is 1. The number of hydrogen-bond donors (Lipinski definition) is 2. The van der Waals surface area contributed by atoms with E-state index in [0.717, 1.165) is 11.3 Å². The zero-order valence-electron chi connectivity index (χ0n) is 14.5. The summed E-state index contributed by atoms with van der Waals surface area (Å²) in [5.74, 6) is -0.974. The van der Waals surface area contributed by atoms with Crippen LogP contribution in [0, 0.1) is 13.8 Å². The third-order valence-electron chi connectivity index (χ3n) is 3.83. The van der Waals surface area contributed by atoms with E-state index in [1.165, 1.54) is 22.6 Å². The summed E-state index contributed by atoms with van der Waals surface area (Å²) in [7, 11) is 0. The van der Waals surface area contributed by atoms with Gasteiger partial charge in [0.15, 0.2) is 5.82 Å². The number of carboxylic acids is 1. The highest BCUT2D eigenvalue weighted by molar-refractivity contribution is 6.03. The van der Waals surface area contributed by atoms with Gasteiger partial charge in [-0.15, -0.1) is 0 Å². The number of aliphatic carboxylic acids is 1. The number of carbonyl (C=O) groups is 2. The standard InChI is InChI=1S/C18H19N5O3/c1-12-4-3-5-14(6-12)9-23-13(2)7-16(21-23)20-18(26)15-8-19-22(10-15)11-17(24)25/h3-8,10H,9,11H2,1-2H3,(H,24,25)(H,20,21,26). The Labute approximate surface area is 150 Å². The van der Waals surface area contributed by atoms with Crippen molar-refractivity contribution in [2.75, 3.05) is 5.32 Å². The largest absolute Gasteiger partial charge is 0.480 e. The Hall–Kier alpha value is -3.42. The number of anilines is 1. The highest BCUT2D eigenvalue weighted by atomic mass is 16.4. The van der Waals surface area contributed by atoms with Gasteiger partial charge < -0.3 is 10.4 Å². The summed E-state index contributed by atoms with van der Waals surface area (Å²) in [6, 6.07) is 9.95. The Bertz CT molecular complexity index is 957. The van der Waals surface area contributed by atoms with Gasteiger partial charge in [-0.25, -0.2) is 0 Å². The third-order valence-corrected chi connectivity index (χ3v) is 3.83. The third kappa shape index (κ3) is 4.15.